The van der Waals surface area contributed by atoms with Crippen molar-refractivity contribution in [2.45, 2.75) is 20.8 Å². The maximum Gasteiger partial charge on any atom is 0.274 e. The molecule has 0 radical (unpaired) electrons. The Morgan fingerprint density at radius 1 is 1.22 bits per heavy atom. The molecule has 0 aliphatic heterocycles. The number of aromatic nitrogens is 2. The summed E-state index contributed by atoms with van der Waals surface area (Å²) in [5.74, 6) is 0.530. The van der Waals surface area contributed by atoms with E-state index in [-0.39, 0.29) is 11.6 Å². The van der Waals surface area contributed by atoms with E-state index in [1.165, 1.54) is 0 Å². The highest BCUT2D eigenvalue weighted by molar-refractivity contribution is 6.36. The summed E-state index contributed by atoms with van der Waals surface area (Å²) in [6, 6.07) is 6.50. The van der Waals surface area contributed by atoms with Gasteiger partial charge in [-0.25, -0.2) is 9.97 Å². The highest BCUT2D eigenvalue weighted by atomic mass is 35.5. The van der Waals surface area contributed by atoms with Gasteiger partial charge in [-0.05, 0) is 37.1 Å². The lowest BCUT2D eigenvalue weighted by Crippen LogP contribution is -2.17. The summed E-state index contributed by atoms with van der Waals surface area (Å²) in [7, 11) is 0. The third-order valence-corrected chi connectivity index (χ3v) is 3.48. The molecule has 7 heteroatoms. The first kappa shape index (κ1) is 17.5. The van der Waals surface area contributed by atoms with Gasteiger partial charge in [0.1, 0.15) is 5.69 Å². The fourth-order valence-electron chi connectivity index (χ4n) is 1.84. The van der Waals surface area contributed by atoms with Crippen LogP contribution in [0.5, 0.6) is 0 Å². The molecule has 0 saturated carbocycles. The number of aryl methyl sites for hydroxylation is 1. The molecule has 122 valence electrons. The number of amides is 1. The van der Waals surface area contributed by atoms with Crippen molar-refractivity contribution in [1.82, 2.24) is 9.97 Å². The molecule has 1 aromatic heterocycles. The molecule has 0 fully saturated rings. The number of carbonyl (C=O) groups is 1. The fraction of sp³-hybridized carbons (Fsp3) is 0.312. The second-order valence-corrected chi connectivity index (χ2v) is 6.41. The molecule has 0 atom stereocenters. The van der Waals surface area contributed by atoms with E-state index < -0.39 is 0 Å². The molecule has 1 aromatic carbocycles. The van der Waals surface area contributed by atoms with Gasteiger partial charge in [-0.15, -0.1) is 0 Å². The van der Waals surface area contributed by atoms with Gasteiger partial charge in [0.15, 0.2) is 0 Å². The summed E-state index contributed by atoms with van der Waals surface area (Å²) in [6.07, 6.45) is 0. The van der Waals surface area contributed by atoms with E-state index in [0.717, 1.165) is 6.54 Å². The van der Waals surface area contributed by atoms with Crippen molar-refractivity contribution in [3.63, 3.8) is 0 Å². The molecule has 1 amide bonds. The van der Waals surface area contributed by atoms with Crippen molar-refractivity contribution in [2.75, 3.05) is 17.2 Å². The van der Waals surface area contributed by atoms with Gasteiger partial charge in [-0.2, -0.15) is 0 Å². The molecule has 2 rings (SSSR count). The predicted molar refractivity (Wildman–Crippen MR) is 94.5 cm³/mol. The van der Waals surface area contributed by atoms with Crippen LogP contribution in [0.2, 0.25) is 10.0 Å². The summed E-state index contributed by atoms with van der Waals surface area (Å²) >= 11 is 11.9. The molecule has 5 nitrogen and oxygen atoms in total. The lowest BCUT2D eigenvalue weighted by molar-refractivity contribution is 0.102. The normalized spacial score (nSPS) is 10.7. The van der Waals surface area contributed by atoms with E-state index in [9.17, 15) is 4.79 Å². The zero-order valence-corrected chi connectivity index (χ0v) is 14.7. The lowest BCUT2D eigenvalue weighted by Gasteiger charge is -2.11. The number of carbonyl (C=O) groups excluding carboxylic acids is 1. The first-order chi connectivity index (χ1) is 10.8. The molecule has 0 aliphatic rings. The molecular formula is C16H18Cl2N4O. The van der Waals surface area contributed by atoms with Crippen LogP contribution in [0.15, 0.2) is 24.3 Å². The molecule has 0 unspecified atom stereocenters. The number of hydrogen-bond acceptors (Lipinski definition) is 4. The number of halogens is 2. The molecular weight excluding hydrogens is 335 g/mol. The Bertz CT molecular complexity index is 719. The molecule has 23 heavy (non-hydrogen) atoms. The Morgan fingerprint density at radius 3 is 2.61 bits per heavy atom. The molecule has 1 heterocycles. The number of rotatable bonds is 5. The minimum Gasteiger partial charge on any atom is -0.354 e. The van der Waals surface area contributed by atoms with E-state index in [2.05, 4.69) is 34.4 Å². The monoisotopic (exact) mass is 352 g/mol. The highest BCUT2D eigenvalue weighted by Crippen LogP contribution is 2.25. The van der Waals surface area contributed by atoms with Crippen LogP contribution >= 0.6 is 23.2 Å². The Hall–Kier alpha value is -1.85. The van der Waals surface area contributed by atoms with Gasteiger partial charge >= 0.3 is 0 Å². The van der Waals surface area contributed by atoms with Crippen LogP contribution in [0.3, 0.4) is 0 Å². The number of hydrogen-bond donors (Lipinski definition) is 2. The quantitative estimate of drug-likeness (QED) is 0.835. The Balaban J connectivity index is 2.18. The summed E-state index contributed by atoms with van der Waals surface area (Å²) < 4.78 is 0. The smallest absolute Gasteiger partial charge is 0.274 e. The first-order valence-corrected chi connectivity index (χ1v) is 7.96. The Kier molecular flexibility index (Phi) is 5.80. The van der Waals surface area contributed by atoms with Crippen molar-refractivity contribution in [2.24, 2.45) is 5.92 Å². The van der Waals surface area contributed by atoms with E-state index in [1.54, 1.807) is 24.3 Å². The van der Waals surface area contributed by atoms with Crippen LogP contribution in [-0.2, 0) is 0 Å². The fourth-order valence-corrected chi connectivity index (χ4v) is 2.29. The molecule has 0 bridgehead atoms. The SMILES string of the molecule is Cc1cc(C(=O)Nc2ccc(Cl)cc2Cl)nc(NCC(C)C)n1. The van der Waals surface area contributed by atoms with Crippen LogP contribution in [0.1, 0.15) is 30.0 Å². The van der Waals surface area contributed by atoms with E-state index in [1.807, 2.05) is 6.92 Å². The summed E-state index contributed by atoms with van der Waals surface area (Å²) in [4.78, 5) is 20.9. The number of anilines is 2. The van der Waals surface area contributed by atoms with Crippen molar-refractivity contribution < 1.29 is 4.79 Å². The molecule has 2 aromatic rings. The molecule has 2 N–H and O–H groups in total. The highest BCUT2D eigenvalue weighted by Gasteiger charge is 2.13. The van der Waals surface area contributed by atoms with E-state index >= 15 is 0 Å². The van der Waals surface area contributed by atoms with Crippen LogP contribution in [0.4, 0.5) is 11.6 Å². The second-order valence-electron chi connectivity index (χ2n) is 5.57. The van der Waals surface area contributed by atoms with Crippen molar-refractivity contribution in [3.8, 4) is 0 Å². The van der Waals surface area contributed by atoms with E-state index in [0.29, 0.717) is 33.3 Å². The molecule has 0 saturated heterocycles. The predicted octanol–water partition coefficient (Wildman–Crippen LogP) is 4.41. The minimum atomic E-state index is -0.354. The summed E-state index contributed by atoms with van der Waals surface area (Å²) in [6.45, 7) is 6.71. The molecule has 0 spiro atoms. The number of nitrogens with one attached hydrogen (secondary N) is 2. The summed E-state index contributed by atoms with van der Waals surface area (Å²) in [5.41, 5.74) is 1.46. The third-order valence-electron chi connectivity index (χ3n) is 2.93. The average molecular weight is 353 g/mol. The van der Waals surface area contributed by atoms with Crippen LogP contribution < -0.4 is 10.6 Å². The largest absolute Gasteiger partial charge is 0.354 e. The van der Waals surface area contributed by atoms with Gasteiger partial charge in [0.25, 0.3) is 5.91 Å². The van der Waals surface area contributed by atoms with Gasteiger partial charge in [0, 0.05) is 17.3 Å². The van der Waals surface area contributed by atoms with Gasteiger partial charge < -0.3 is 10.6 Å². The Labute approximate surface area is 145 Å². The average Bonchev–Trinajstić information content (AvgIpc) is 2.47. The zero-order valence-electron chi connectivity index (χ0n) is 13.2. The maximum atomic E-state index is 12.4. The van der Waals surface area contributed by atoms with Crippen LogP contribution in [-0.4, -0.2) is 22.4 Å². The third kappa shape index (κ3) is 5.08. The van der Waals surface area contributed by atoms with Crippen LogP contribution in [0, 0.1) is 12.8 Å². The zero-order chi connectivity index (χ0) is 17.0. The maximum absolute atomic E-state index is 12.4. The number of benzene rings is 1. The van der Waals surface area contributed by atoms with Crippen LogP contribution in [0.25, 0.3) is 0 Å². The second kappa shape index (κ2) is 7.62. The van der Waals surface area contributed by atoms with E-state index in [4.69, 9.17) is 23.2 Å². The van der Waals surface area contributed by atoms with Gasteiger partial charge in [-0.3, -0.25) is 4.79 Å². The van der Waals surface area contributed by atoms with Gasteiger partial charge in [-0.1, -0.05) is 37.0 Å². The Morgan fingerprint density at radius 2 is 1.96 bits per heavy atom. The summed E-state index contributed by atoms with van der Waals surface area (Å²) in [5, 5.41) is 6.72. The van der Waals surface area contributed by atoms with Crippen molar-refractivity contribution in [1.29, 1.82) is 0 Å². The molecule has 0 aliphatic carbocycles. The first-order valence-electron chi connectivity index (χ1n) is 7.21. The van der Waals surface area contributed by atoms with Gasteiger partial charge in [0.05, 0.1) is 10.7 Å². The standard InChI is InChI=1S/C16H18Cl2N4O/c1-9(2)8-19-16-20-10(3)6-14(22-16)15(23)21-13-5-4-11(17)7-12(13)18/h4-7,9H,8H2,1-3H3,(H,21,23)(H,19,20,22). The lowest BCUT2D eigenvalue weighted by atomic mass is 10.2. The topological polar surface area (TPSA) is 66.9 Å². The van der Waals surface area contributed by atoms with Crippen molar-refractivity contribution >= 4 is 40.7 Å². The number of nitrogens with zero attached hydrogens (tertiary/aromatic N) is 2. The van der Waals surface area contributed by atoms with Crippen molar-refractivity contribution in [3.05, 3.63) is 45.7 Å². The van der Waals surface area contributed by atoms with Gasteiger partial charge in [0.2, 0.25) is 5.95 Å². The minimum absolute atomic E-state index is 0.273.